The van der Waals surface area contributed by atoms with Gasteiger partial charge in [0.15, 0.2) is 0 Å². The van der Waals surface area contributed by atoms with E-state index in [1.807, 2.05) is 0 Å². The van der Waals surface area contributed by atoms with Crippen molar-refractivity contribution in [1.29, 1.82) is 0 Å². The van der Waals surface area contributed by atoms with Crippen LogP contribution < -0.4 is 0 Å². The quantitative estimate of drug-likeness (QED) is 0.412. The molecular formula is C10H10O5. The van der Waals surface area contributed by atoms with E-state index in [0.29, 0.717) is 0 Å². The Labute approximate surface area is 85.7 Å². The van der Waals surface area contributed by atoms with Crippen LogP contribution in [-0.4, -0.2) is 24.5 Å². The number of hydrogen-bond acceptors (Lipinski definition) is 5. The topological polar surface area (TPSA) is 69.7 Å². The van der Waals surface area contributed by atoms with Crippen LogP contribution in [0.2, 0.25) is 0 Å². The first-order valence-electron chi connectivity index (χ1n) is 4.85. The third-order valence-electron chi connectivity index (χ3n) is 4.15. The van der Waals surface area contributed by atoms with Crippen molar-refractivity contribution in [3.63, 3.8) is 0 Å². The highest BCUT2D eigenvalue weighted by atomic mass is 16.6. The van der Waals surface area contributed by atoms with Gasteiger partial charge >= 0.3 is 17.9 Å². The fourth-order valence-corrected chi connectivity index (χ4v) is 3.61. The minimum absolute atomic E-state index is 0.207. The Morgan fingerprint density at radius 1 is 1.13 bits per heavy atom. The van der Waals surface area contributed by atoms with Crippen molar-refractivity contribution in [2.45, 2.75) is 13.8 Å². The predicted molar refractivity (Wildman–Crippen MR) is 45.3 cm³/mol. The Hall–Kier alpha value is -1.39. The number of carbonyl (C=O) groups excluding carboxylic acids is 3. The van der Waals surface area contributed by atoms with Gasteiger partial charge in [0.05, 0.1) is 23.9 Å². The van der Waals surface area contributed by atoms with Gasteiger partial charge in [-0.25, -0.2) is 0 Å². The van der Waals surface area contributed by atoms with Crippen molar-refractivity contribution in [2.75, 3.05) is 6.61 Å². The van der Waals surface area contributed by atoms with Crippen molar-refractivity contribution in [1.82, 2.24) is 0 Å². The lowest BCUT2D eigenvalue weighted by molar-refractivity contribution is -0.175. The third-order valence-corrected chi connectivity index (χ3v) is 4.15. The van der Waals surface area contributed by atoms with E-state index in [2.05, 4.69) is 4.74 Å². The number of rotatable bonds is 0. The molecule has 5 nitrogen and oxygen atoms in total. The van der Waals surface area contributed by atoms with Crippen LogP contribution in [0.4, 0.5) is 0 Å². The summed E-state index contributed by atoms with van der Waals surface area (Å²) in [6.07, 6.45) is 0. The van der Waals surface area contributed by atoms with Gasteiger partial charge in [0.25, 0.3) is 0 Å². The molecule has 5 heteroatoms. The zero-order chi connectivity index (χ0) is 11.0. The van der Waals surface area contributed by atoms with Gasteiger partial charge in [0.2, 0.25) is 0 Å². The lowest BCUT2D eigenvalue weighted by atomic mass is 9.42. The van der Waals surface area contributed by atoms with Crippen LogP contribution in [-0.2, 0) is 23.9 Å². The van der Waals surface area contributed by atoms with Gasteiger partial charge in [-0.3, -0.25) is 14.4 Å². The van der Waals surface area contributed by atoms with Gasteiger partial charge < -0.3 is 9.47 Å². The largest absolute Gasteiger partial charge is 0.465 e. The predicted octanol–water partition coefficient (Wildman–Crippen LogP) is -0.115. The zero-order valence-corrected chi connectivity index (χ0v) is 8.40. The molecule has 2 heterocycles. The second-order valence-corrected chi connectivity index (χ2v) is 4.97. The number of ether oxygens (including phenoxy) is 2. The minimum atomic E-state index is -0.987. The maximum absolute atomic E-state index is 11.5. The molecule has 4 atom stereocenters. The smallest absolute Gasteiger partial charge is 0.321 e. The summed E-state index contributed by atoms with van der Waals surface area (Å²) in [5.41, 5.74) is -1.53. The van der Waals surface area contributed by atoms with Gasteiger partial charge in [-0.05, 0) is 6.92 Å². The van der Waals surface area contributed by atoms with E-state index in [0.717, 1.165) is 0 Å². The summed E-state index contributed by atoms with van der Waals surface area (Å²) >= 11 is 0. The molecule has 80 valence electrons. The van der Waals surface area contributed by atoms with Crippen LogP contribution in [0.1, 0.15) is 13.8 Å². The van der Waals surface area contributed by atoms with Gasteiger partial charge in [-0.1, -0.05) is 6.92 Å². The van der Waals surface area contributed by atoms with Gasteiger partial charge in [0, 0.05) is 5.41 Å². The summed E-state index contributed by atoms with van der Waals surface area (Å²) in [5, 5.41) is 0. The maximum Gasteiger partial charge on any atom is 0.321 e. The Balaban J connectivity index is 2.15. The van der Waals surface area contributed by atoms with E-state index in [4.69, 9.17) is 4.74 Å². The number of esters is 3. The lowest BCUT2D eigenvalue weighted by Crippen LogP contribution is -2.64. The summed E-state index contributed by atoms with van der Waals surface area (Å²) < 4.78 is 9.56. The van der Waals surface area contributed by atoms with Crippen LogP contribution in [0.3, 0.4) is 0 Å². The SMILES string of the molecule is CC12COC(=O)C1C1(C)C(=O)OC(=O)C21. The normalized spacial score (nSPS) is 51.7. The molecule has 1 saturated carbocycles. The van der Waals surface area contributed by atoms with E-state index in [1.165, 1.54) is 0 Å². The third kappa shape index (κ3) is 0.653. The number of hydrogen-bond donors (Lipinski definition) is 0. The molecule has 0 N–H and O–H groups in total. The monoisotopic (exact) mass is 210 g/mol. The molecule has 0 radical (unpaired) electrons. The first-order chi connectivity index (χ1) is 6.92. The molecule has 0 amide bonds. The molecule has 3 fully saturated rings. The molecule has 3 rings (SSSR count). The summed E-state index contributed by atoms with van der Waals surface area (Å²) in [5.74, 6) is -2.52. The highest BCUT2D eigenvalue weighted by molar-refractivity contribution is 6.05. The molecule has 3 aliphatic rings. The van der Waals surface area contributed by atoms with Crippen molar-refractivity contribution < 1.29 is 23.9 Å². The standard InChI is InChI=1S/C10H10O5/c1-9-3-14-6(11)4(9)10(2)5(9)7(12)15-8(10)13/h4-5H,3H2,1-2H3. The van der Waals surface area contributed by atoms with Crippen molar-refractivity contribution in [3.8, 4) is 0 Å². The van der Waals surface area contributed by atoms with Crippen LogP contribution in [0.15, 0.2) is 0 Å². The van der Waals surface area contributed by atoms with Gasteiger partial charge in [0.1, 0.15) is 0 Å². The van der Waals surface area contributed by atoms with Crippen LogP contribution in [0.5, 0.6) is 0 Å². The highest BCUT2D eigenvalue weighted by Gasteiger charge is 2.82. The van der Waals surface area contributed by atoms with Crippen LogP contribution in [0.25, 0.3) is 0 Å². The Morgan fingerprint density at radius 2 is 1.73 bits per heavy atom. The number of fused-ring (bicyclic) bond motifs is 4. The molecule has 0 aromatic carbocycles. The first-order valence-corrected chi connectivity index (χ1v) is 4.85. The molecule has 1 aliphatic carbocycles. The van der Waals surface area contributed by atoms with E-state index < -0.39 is 34.6 Å². The van der Waals surface area contributed by atoms with E-state index in [9.17, 15) is 14.4 Å². The van der Waals surface area contributed by atoms with Crippen molar-refractivity contribution in [2.24, 2.45) is 22.7 Å². The maximum atomic E-state index is 11.5. The molecule has 2 saturated heterocycles. The van der Waals surface area contributed by atoms with E-state index in [1.54, 1.807) is 13.8 Å². The molecule has 15 heavy (non-hydrogen) atoms. The molecular weight excluding hydrogens is 200 g/mol. The molecule has 0 bridgehead atoms. The second-order valence-electron chi connectivity index (χ2n) is 4.97. The minimum Gasteiger partial charge on any atom is -0.465 e. The Morgan fingerprint density at radius 3 is 2.40 bits per heavy atom. The Bertz CT molecular complexity index is 404. The average Bonchev–Trinajstić information content (AvgIpc) is 2.47. The summed E-state index contributed by atoms with van der Waals surface area (Å²) in [4.78, 5) is 34.5. The van der Waals surface area contributed by atoms with Gasteiger partial charge in [-0.15, -0.1) is 0 Å². The fraction of sp³-hybridized carbons (Fsp3) is 0.700. The van der Waals surface area contributed by atoms with E-state index in [-0.39, 0.29) is 12.6 Å². The van der Waals surface area contributed by atoms with E-state index >= 15 is 0 Å². The molecule has 2 aliphatic heterocycles. The van der Waals surface area contributed by atoms with Crippen LogP contribution >= 0.6 is 0 Å². The highest BCUT2D eigenvalue weighted by Crippen LogP contribution is 2.69. The molecule has 0 aromatic heterocycles. The summed E-state index contributed by atoms with van der Waals surface area (Å²) in [7, 11) is 0. The second kappa shape index (κ2) is 2.08. The average molecular weight is 210 g/mol. The molecule has 4 unspecified atom stereocenters. The molecule has 0 aromatic rings. The number of cyclic esters (lactones) is 3. The van der Waals surface area contributed by atoms with Crippen LogP contribution in [0, 0.1) is 22.7 Å². The summed E-state index contributed by atoms with van der Waals surface area (Å²) in [6, 6.07) is 0. The molecule has 0 spiro atoms. The van der Waals surface area contributed by atoms with Gasteiger partial charge in [-0.2, -0.15) is 0 Å². The van der Waals surface area contributed by atoms with Crippen molar-refractivity contribution >= 4 is 17.9 Å². The lowest BCUT2D eigenvalue weighted by Gasteiger charge is -2.52. The van der Waals surface area contributed by atoms with Crippen molar-refractivity contribution in [3.05, 3.63) is 0 Å². The number of carbonyl (C=O) groups is 3. The fourth-order valence-electron chi connectivity index (χ4n) is 3.61. The zero-order valence-electron chi connectivity index (χ0n) is 8.40. The first kappa shape index (κ1) is 8.88. The Kier molecular flexibility index (Phi) is 1.23. The summed E-state index contributed by atoms with van der Waals surface area (Å²) in [6.45, 7) is 3.62.